The molecule has 1 fully saturated rings. The summed E-state index contributed by atoms with van der Waals surface area (Å²) in [5, 5.41) is 22.6. The van der Waals surface area contributed by atoms with Crippen LogP contribution >= 0.6 is 0 Å². The molecule has 0 bridgehead atoms. The van der Waals surface area contributed by atoms with Crippen molar-refractivity contribution in [2.45, 2.75) is 96.6 Å². The molecule has 11 heteroatoms. The van der Waals surface area contributed by atoms with Gasteiger partial charge in [-0.2, -0.15) is 0 Å². The molecule has 0 unspecified atom stereocenters. The van der Waals surface area contributed by atoms with Gasteiger partial charge in [-0.3, -0.25) is 0 Å². The Morgan fingerprint density at radius 2 is 1.55 bits per heavy atom. The third-order valence-electron chi connectivity index (χ3n) is 9.96. The highest BCUT2D eigenvalue weighted by molar-refractivity contribution is 6.01. The number of ether oxygens (including phenoxy) is 5. The van der Waals surface area contributed by atoms with Gasteiger partial charge in [0.05, 0.1) is 57.7 Å². The van der Waals surface area contributed by atoms with Gasteiger partial charge in [0, 0.05) is 24.3 Å². The van der Waals surface area contributed by atoms with E-state index in [1.165, 1.54) is 6.07 Å². The Morgan fingerprint density at radius 1 is 0.906 bits per heavy atom. The minimum atomic E-state index is -1.42. The molecule has 0 aliphatic carbocycles. The van der Waals surface area contributed by atoms with Crippen molar-refractivity contribution < 1.29 is 47.1 Å². The molecule has 0 radical (unpaired) electrons. The summed E-state index contributed by atoms with van der Waals surface area (Å²) in [6, 6.07) is 10.3. The van der Waals surface area contributed by atoms with Crippen molar-refractivity contribution in [3.05, 3.63) is 94.3 Å². The van der Waals surface area contributed by atoms with Crippen LogP contribution in [0.15, 0.2) is 96.3 Å². The standard InChI is InChI=1S/C42H46O11/c1-25(7-10-35(43)40(3,4)45)14-19-49-39-28-13-18-42(51-34(28)24-32-30(39)17-22-47-32)52-36(41(5,6)53-42)11-8-26(2)15-20-48-38-27-9-12-37(44)50-33(27)23-31-29(38)16-21-46-31/h9,12-18,21-24,35-36,43,45H,7-8,10-11,19-20H2,1-6H3/b25-14+,26-15+/t35-,36-,42-/m1/s1. The van der Waals surface area contributed by atoms with Crippen molar-refractivity contribution in [1.82, 2.24) is 0 Å². The average Bonchev–Trinajstić information content (AvgIpc) is 3.82. The van der Waals surface area contributed by atoms with Crippen molar-refractivity contribution in [3.8, 4) is 17.2 Å². The van der Waals surface area contributed by atoms with Crippen molar-refractivity contribution in [2.75, 3.05) is 13.2 Å². The highest BCUT2D eigenvalue weighted by Gasteiger charge is 2.54. The van der Waals surface area contributed by atoms with E-state index in [0.29, 0.717) is 71.9 Å². The number of allylic oxidation sites excluding steroid dienone is 2. The smallest absolute Gasteiger partial charge is 0.350 e. The molecule has 5 heterocycles. The van der Waals surface area contributed by atoms with Gasteiger partial charge in [-0.1, -0.05) is 11.1 Å². The summed E-state index contributed by atoms with van der Waals surface area (Å²) in [7, 11) is 0. The van der Waals surface area contributed by atoms with Crippen LogP contribution < -0.4 is 19.8 Å². The third-order valence-corrected chi connectivity index (χ3v) is 9.96. The second kappa shape index (κ2) is 14.2. The van der Waals surface area contributed by atoms with E-state index in [-0.39, 0.29) is 6.10 Å². The van der Waals surface area contributed by atoms with Gasteiger partial charge in [0.15, 0.2) is 0 Å². The number of benzene rings is 2. The van der Waals surface area contributed by atoms with E-state index >= 15 is 0 Å². The number of furan rings is 2. The molecule has 0 saturated carbocycles. The average molecular weight is 727 g/mol. The number of rotatable bonds is 13. The number of hydrogen-bond acceptors (Lipinski definition) is 11. The first-order valence-electron chi connectivity index (χ1n) is 17.9. The predicted octanol–water partition coefficient (Wildman–Crippen LogP) is 8.58. The van der Waals surface area contributed by atoms with Gasteiger partial charge in [-0.25, -0.2) is 4.79 Å². The topological polar surface area (TPSA) is 143 Å². The second-order valence-corrected chi connectivity index (χ2v) is 15.0. The van der Waals surface area contributed by atoms with Crippen molar-refractivity contribution in [2.24, 2.45) is 0 Å². The first-order valence-corrected chi connectivity index (χ1v) is 17.9. The van der Waals surface area contributed by atoms with Crippen molar-refractivity contribution in [1.29, 1.82) is 0 Å². The van der Waals surface area contributed by atoms with E-state index in [2.05, 4.69) is 6.92 Å². The normalized spacial score (nSPS) is 20.7. The Hall–Kier alpha value is -4.81. The van der Waals surface area contributed by atoms with E-state index in [9.17, 15) is 15.0 Å². The highest BCUT2D eigenvalue weighted by atomic mass is 16.9. The molecule has 2 aliphatic rings. The largest absolute Gasteiger partial charge is 0.488 e. The maximum atomic E-state index is 11.8. The van der Waals surface area contributed by atoms with Crippen molar-refractivity contribution >= 4 is 39.0 Å². The SMILES string of the molecule is C/C(=C\COc1c2c(cc3occc13)O[C@]1(C=C2)O[C@H](CC/C(C)=C/COc2c3ccoc3cc3oc(=O)ccc23)C(C)(C)O1)CC[C@@H](O)C(C)(C)O. The van der Waals surface area contributed by atoms with Gasteiger partial charge in [0.2, 0.25) is 0 Å². The molecular formula is C42H46O11. The number of aliphatic hydroxyl groups is 2. The summed E-state index contributed by atoms with van der Waals surface area (Å²) >= 11 is 0. The van der Waals surface area contributed by atoms with Crippen LogP contribution in [0.3, 0.4) is 0 Å². The third kappa shape index (κ3) is 7.66. The zero-order valence-corrected chi connectivity index (χ0v) is 30.9. The fraction of sp³-hybridized carbons (Fsp3) is 0.405. The fourth-order valence-corrected chi connectivity index (χ4v) is 6.75. The lowest BCUT2D eigenvalue weighted by Gasteiger charge is -2.30. The summed E-state index contributed by atoms with van der Waals surface area (Å²) < 4.78 is 48.7. The van der Waals surface area contributed by atoms with Crippen LogP contribution in [0.2, 0.25) is 0 Å². The van der Waals surface area contributed by atoms with Crippen LogP contribution in [0.4, 0.5) is 0 Å². The zero-order valence-electron chi connectivity index (χ0n) is 30.9. The minimum absolute atomic E-state index is 0.282. The fourth-order valence-electron chi connectivity index (χ4n) is 6.75. The highest BCUT2D eigenvalue weighted by Crippen LogP contribution is 2.48. The molecule has 5 aromatic rings. The summed E-state index contributed by atoms with van der Waals surface area (Å²) in [6.07, 6.45) is 12.3. The van der Waals surface area contributed by atoms with Crippen molar-refractivity contribution in [3.63, 3.8) is 0 Å². The maximum absolute atomic E-state index is 11.8. The van der Waals surface area contributed by atoms with Crippen LogP contribution in [0, 0.1) is 0 Å². The van der Waals surface area contributed by atoms with Gasteiger partial charge < -0.3 is 47.1 Å². The lowest BCUT2D eigenvalue weighted by molar-refractivity contribution is -0.270. The van der Waals surface area contributed by atoms with Crippen LogP contribution in [0.25, 0.3) is 39.0 Å². The Labute approximate surface area is 307 Å². The molecule has 7 rings (SSSR count). The molecule has 1 spiro atoms. The van der Waals surface area contributed by atoms with Gasteiger partial charge in [0.1, 0.15) is 47.2 Å². The first kappa shape index (κ1) is 36.5. The monoisotopic (exact) mass is 726 g/mol. The van der Waals surface area contributed by atoms with Gasteiger partial charge in [-0.05, 0) is 104 Å². The predicted molar refractivity (Wildman–Crippen MR) is 200 cm³/mol. The molecule has 0 amide bonds. The number of aliphatic hydroxyl groups excluding tert-OH is 1. The molecule has 11 nitrogen and oxygen atoms in total. The lowest BCUT2D eigenvalue weighted by atomic mass is 9.96. The molecule has 3 atom stereocenters. The Balaban J connectivity index is 1.000. The molecule has 2 N–H and O–H groups in total. The second-order valence-electron chi connectivity index (χ2n) is 15.0. The van der Waals surface area contributed by atoms with E-state index in [1.54, 1.807) is 44.6 Å². The summed E-state index contributed by atoms with van der Waals surface area (Å²) in [5.41, 5.74) is 2.26. The first-order chi connectivity index (χ1) is 25.2. The Bertz CT molecular complexity index is 2280. The van der Waals surface area contributed by atoms with Crippen LogP contribution in [0.5, 0.6) is 17.2 Å². The quantitative estimate of drug-likeness (QED) is 0.0890. The molecule has 280 valence electrons. The number of fused-ring (bicyclic) bond motifs is 4. The van der Waals surface area contributed by atoms with E-state index in [4.69, 9.17) is 36.9 Å². The molecule has 3 aromatic heterocycles. The summed E-state index contributed by atoms with van der Waals surface area (Å²) in [6.45, 7) is 11.8. The summed E-state index contributed by atoms with van der Waals surface area (Å²) in [4.78, 5) is 11.8. The minimum Gasteiger partial charge on any atom is -0.488 e. The molecule has 53 heavy (non-hydrogen) atoms. The molecule has 2 aromatic carbocycles. The molecule has 1 saturated heterocycles. The molecule has 2 aliphatic heterocycles. The maximum Gasteiger partial charge on any atom is 0.350 e. The van der Waals surface area contributed by atoms with Crippen LogP contribution in [-0.2, 0) is 9.47 Å². The van der Waals surface area contributed by atoms with Gasteiger partial charge in [0.25, 0.3) is 0 Å². The van der Waals surface area contributed by atoms with Crippen LogP contribution in [-0.4, -0.2) is 52.8 Å². The number of hydrogen-bond donors (Lipinski definition) is 2. The Morgan fingerprint density at radius 3 is 2.26 bits per heavy atom. The van der Waals surface area contributed by atoms with E-state index in [1.807, 2.05) is 57.2 Å². The van der Waals surface area contributed by atoms with E-state index in [0.717, 1.165) is 33.9 Å². The van der Waals surface area contributed by atoms with E-state index < -0.39 is 28.9 Å². The summed E-state index contributed by atoms with van der Waals surface area (Å²) in [5.74, 6) is 0.318. The molecular weight excluding hydrogens is 680 g/mol. The Kier molecular flexibility index (Phi) is 9.79. The van der Waals surface area contributed by atoms with Crippen LogP contribution in [0.1, 0.15) is 72.8 Å². The van der Waals surface area contributed by atoms with Gasteiger partial charge in [-0.15, -0.1) is 0 Å². The lowest BCUT2D eigenvalue weighted by Crippen LogP contribution is -2.38. The zero-order chi connectivity index (χ0) is 37.5. The van der Waals surface area contributed by atoms with Gasteiger partial charge >= 0.3 is 11.6 Å².